The molecule has 0 radical (unpaired) electrons. The molecule has 0 aliphatic carbocycles. The van der Waals surface area contributed by atoms with Gasteiger partial charge in [-0.15, -0.1) is 0 Å². The zero-order valence-electron chi connectivity index (χ0n) is 13.8. The topological polar surface area (TPSA) is 21.3 Å². The van der Waals surface area contributed by atoms with Gasteiger partial charge in [-0.1, -0.05) is 38.1 Å². The minimum atomic E-state index is 0.176. The molecule has 0 aromatic heterocycles. The Morgan fingerprint density at radius 3 is 2.30 bits per heavy atom. The summed E-state index contributed by atoms with van der Waals surface area (Å²) in [5.41, 5.74) is 2.97. The van der Waals surface area contributed by atoms with Crippen LogP contribution in [0.3, 0.4) is 0 Å². The van der Waals surface area contributed by atoms with Gasteiger partial charge in [-0.25, -0.2) is 0 Å². The number of hydrogen-bond acceptors (Lipinski definition) is 2. The molecule has 0 amide bonds. The van der Waals surface area contributed by atoms with Crippen LogP contribution >= 0.6 is 0 Å². The molecule has 0 heterocycles. The summed E-state index contributed by atoms with van der Waals surface area (Å²) in [5.74, 6) is 0.656. The Kier molecular flexibility index (Phi) is 7.25. The maximum absolute atomic E-state index is 5.67. The Bertz CT molecular complexity index is 364. The fraction of sp³-hybridized carbons (Fsp3) is 0.667. The van der Waals surface area contributed by atoms with Gasteiger partial charge in [0, 0.05) is 12.1 Å². The summed E-state index contributed by atoms with van der Waals surface area (Å²) in [5, 5.41) is 3.42. The number of rotatable bonds is 8. The van der Waals surface area contributed by atoms with Gasteiger partial charge in [0.25, 0.3) is 0 Å². The van der Waals surface area contributed by atoms with Crippen molar-refractivity contribution in [3.8, 4) is 0 Å². The van der Waals surface area contributed by atoms with Crippen LogP contribution in [0.15, 0.2) is 24.3 Å². The van der Waals surface area contributed by atoms with E-state index in [0.29, 0.717) is 5.92 Å². The molecular weight excluding hydrogens is 246 g/mol. The van der Waals surface area contributed by atoms with Gasteiger partial charge in [-0.05, 0) is 50.7 Å². The summed E-state index contributed by atoms with van der Waals surface area (Å²) in [6.07, 6.45) is 2.19. The van der Waals surface area contributed by atoms with Gasteiger partial charge >= 0.3 is 0 Å². The van der Waals surface area contributed by atoms with Crippen molar-refractivity contribution in [2.45, 2.75) is 58.9 Å². The Balaban J connectivity index is 2.19. The van der Waals surface area contributed by atoms with Gasteiger partial charge in [0.05, 0.1) is 13.2 Å². The van der Waals surface area contributed by atoms with Crippen LogP contribution in [0.5, 0.6) is 0 Å². The van der Waals surface area contributed by atoms with E-state index < -0.39 is 0 Å². The van der Waals surface area contributed by atoms with Crippen LogP contribution in [-0.4, -0.2) is 25.3 Å². The molecular formula is C18H31NO. The standard InChI is InChI=1S/C18H31NO/c1-6-15(2)17-9-7-16(8-10-17)11-13-20-14-12-19-18(3,4)5/h7-10,15,19H,6,11-14H2,1-5H3. The highest BCUT2D eigenvalue weighted by atomic mass is 16.5. The van der Waals surface area contributed by atoms with Crippen molar-refractivity contribution in [3.63, 3.8) is 0 Å². The average molecular weight is 277 g/mol. The van der Waals surface area contributed by atoms with Crippen molar-refractivity contribution in [2.24, 2.45) is 0 Å². The van der Waals surface area contributed by atoms with Crippen LogP contribution in [0.4, 0.5) is 0 Å². The lowest BCUT2D eigenvalue weighted by Gasteiger charge is -2.20. The van der Waals surface area contributed by atoms with E-state index in [2.05, 4.69) is 64.2 Å². The fourth-order valence-corrected chi connectivity index (χ4v) is 2.04. The van der Waals surface area contributed by atoms with E-state index in [0.717, 1.165) is 26.2 Å². The number of ether oxygens (including phenoxy) is 1. The lowest BCUT2D eigenvalue weighted by molar-refractivity contribution is 0.133. The van der Waals surface area contributed by atoms with Crippen molar-refractivity contribution in [1.82, 2.24) is 5.32 Å². The van der Waals surface area contributed by atoms with Crippen molar-refractivity contribution >= 4 is 0 Å². The summed E-state index contributed by atoms with van der Waals surface area (Å²) in [4.78, 5) is 0. The van der Waals surface area contributed by atoms with E-state index in [1.807, 2.05) is 0 Å². The van der Waals surface area contributed by atoms with Gasteiger partial charge < -0.3 is 10.1 Å². The van der Waals surface area contributed by atoms with Crippen LogP contribution in [0.1, 0.15) is 58.1 Å². The molecule has 1 rings (SSSR count). The molecule has 1 N–H and O–H groups in total. The zero-order valence-corrected chi connectivity index (χ0v) is 13.8. The molecule has 0 saturated heterocycles. The SMILES string of the molecule is CCC(C)c1ccc(CCOCCNC(C)(C)C)cc1. The second kappa shape index (κ2) is 8.43. The van der Waals surface area contributed by atoms with E-state index in [4.69, 9.17) is 4.74 Å². The molecule has 1 unspecified atom stereocenters. The monoisotopic (exact) mass is 277 g/mol. The van der Waals surface area contributed by atoms with Gasteiger partial charge in [-0.3, -0.25) is 0 Å². The molecule has 1 atom stereocenters. The van der Waals surface area contributed by atoms with Crippen LogP contribution < -0.4 is 5.32 Å². The molecule has 114 valence electrons. The maximum Gasteiger partial charge on any atom is 0.0591 e. The molecule has 20 heavy (non-hydrogen) atoms. The van der Waals surface area contributed by atoms with Gasteiger partial charge in [0.1, 0.15) is 0 Å². The Morgan fingerprint density at radius 2 is 1.75 bits per heavy atom. The van der Waals surface area contributed by atoms with E-state index in [-0.39, 0.29) is 5.54 Å². The van der Waals surface area contributed by atoms with Crippen molar-refractivity contribution in [1.29, 1.82) is 0 Å². The fourth-order valence-electron chi connectivity index (χ4n) is 2.04. The second-order valence-electron chi connectivity index (χ2n) is 6.59. The van der Waals surface area contributed by atoms with E-state index >= 15 is 0 Å². The third kappa shape index (κ3) is 7.06. The van der Waals surface area contributed by atoms with E-state index in [9.17, 15) is 0 Å². The van der Waals surface area contributed by atoms with Crippen LogP contribution in [0.25, 0.3) is 0 Å². The minimum absolute atomic E-state index is 0.176. The molecule has 0 spiro atoms. The summed E-state index contributed by atoms with van der Waals surface area (Å²) >= 11 is 0. The van der Waals surface area contributed by atoms with Crippen molar-refractivity contribution in [3.05, 3.63) is 35.4 Å². The highest BCUT2D eigenvalue weighted by Crippen LogP contribution is 2.18. The Morgan fingerprint density at radius 1 is 1.10 bits per heavy atom. The van der Waals surface area contributed by atoms with Crippen molar-refractivity contribution < 1.29 is 4.74 Å². The quantitative estimate of drug-likeness (QED) is 0.721. The summed E-state index contributed by atoms with van der Waals surface area (Å²) in [6.45, 7) is 13.5. The first kappa shape index (κ1) is 17.2. The third-order valence-electron chi connectivity index (χ3n) is 3.60. The third-order valence-corrected chi connectivity index (χ3v) is 3.60. The average Bonchev–Trinajstić information content (AvgIpc) is 2.41. The molecule has 1 aromatic carbocycles. The lowest BCUT2D eigenvalue weighted by Crippen LogP contribution is -2.38. The molecule has 0 fully saturated rings. The Hall–Kier alpha value is -0.860. The first-order valence-electron chi connectivity index (χ1n) is 7.84. The smallest absolute Gasteiger partial charge is 0.0591 e. The summed E-state index contributed by atoms with van der Waals surface area (Å²) in [6, 6.07) is 8.98. The number of hydrogen-bond donors (Lipinski definition) is 1. The van der Waals surface area contributed by atoms with Crippen LogP contribution in [0, 0.1) is 0 Å². The molecule has 2 nitrogen and oxygen atoms in total. The zero-order chi connectivity index (χ0) is 15.0. The van der Waals surface area contributed by atoms with Gasteiger partial charge in [0.2, 0.25) is 0 Å². The van der Waals surface area contributed by atoms with Gasteiger partial charge in [-0.2, -0.15) is 0 Å². The van der Waals surface area contributed by atoms with E-state index in [1.54, 1.807) is 0 Å². The second-order valence-corrected chi connectivity index (χ2v) is 6.59. The van der Waals surface area contributed by atoms with Crippen LogP contribution in [-0.2, 0) is 11.2 Å². The molecule has 1 aromatic rings. The predicted molar refractivity (Wildman–Crippen MR) is 87.4 cm³/mol. The molecule has 0 aliphatic rings. The molecule has 0 bridgehead atoms. The Labute approximate surface area is 124 Å². The molecule has 0 aliphatic heterocycles. The molecule has 0 saturated carbocycles. The van der Waals surface area contributed by atoms with Crippen LogP contribution in [0.2, 0.25) is 0 Å². The first-order valence-corrected chi connectivity index (χ1v) is 7.84. The lowest BCUT2D eigenvalue weighted by atomic mass is 9.97. The highest BCUT2D eigenvalue weighted by Gasteiger charge is 2.07. The predicted octanol–water partition coefficient (Wildman–Crippen LogP) is 4.15. The summed E-state index contributed by atoms with van der Waals surface area (Å²) < 4.78 is 5.67. The van der Waals surface area contributed by atoms with Gasteiger partial charge in [0.15, 0.2) is 0 Å². The normalized spacial score (nSPS) is 13.4. The minimum Gasteiger partial charge on any atom is -0.380 e. The highest BCUT2D eigenvalue weighted by molar-refractivity contribution is 5.25. The first-order chi connectivity index (χ1) is 9.42. The number of nitrogens with one attached hydrogen (secondary N) is 1. The molecule has 2 heteroatoms. The number of benzene rings is 1. The van der Waals surface area contributed by atoms with Crippen molar-refractivity contribution in [2.75, 3.05) is 19.8 Å². The van der Waals surface area contributed by atoms with E-state index in [1.165, 1.54) is 17.5 Å². The largest absolute Gasteiger partial charge is 0.380 e. The summed E-state index contributed by atoms with van der Waals surface area (Å²) in [7, 11) is 0. The maximum atomic E-state index is 5.67.